The fourth-order valence-electron chi connectivity index (χ4n) is 0. The molecule has 0 N–H and O–H groups in total. The molecule has 0 heterocycles. The third-order valence-corrected chi connectivity index (χ3v) is 0.105. The molecule has 0 saturated heterocycles. The van der Waals surface area contributed by atoms with Crippen LogP contribution in [0.3, 0.4) is 0 Å². The van der Waals surface area contributed by atoms with E-state index >= 15 is 0 Å². The molecule has 4 heavy (non-hydrogen) atoms. The molecule has 0 aliphatic carbocycles. The first-order valence-corrected chi connectivity index (χ1v) is 1.02. The van der Waals surface area contributed by atoms with E-state index in [4.69, 9.17) is 5.21 Å². The minimum Gasteiger partial charge on any atom is -0.792 e. The van der Waals surface area contributed by atoms with E-state index in [9.17, 15) is 0 Å². The highest BCUT2D eigenvalue weighted by Crippen LogP contribution is 1.43. The quantitative estimate of drug-likeness (QED) is 0.296. The molecule has 0 spiro atoms. The van der Waals surface area contributed by atoms with Crippen LogP contribution in [-0.4, -0.2) is 6.21 Å². The highest BCUT2D eigenvalue weighted by molar-refractivity contribution is 5.53. The second-order valence-corrected chi connectivity index (χ2v) is 0.364. The molecule has 0 aromatic carbocycles. The molecule has 0 aliphatic rings. The van der Waals surface area contributed by atoms with Gasteiger partial charge in [0.05, 0.1) is 0 Å². The molecule has 0 atom stereocenters. The zero-order valence-electron chi connectivity index (χ0n) is 2.43. The number of hydrogen-bond donors (Lipinski definition) is 0. The summed E-state index contributed by atoms with van der Waals surface area (Å²) in [4.78, 5) is 0. The summed E-state index contributed by atoms with van der Waals surface area (Å²) in [5.41, 5.74) is 0. The molecule has 24 valence electrons. The summed E-state index contributed by atoms with van der Waals surface area (Å²) in [6.45, 7) is 1.58. The van der Waals surface area contributed by atoms with E-state index in [1.54, 1.807) is 6.92 Å². The molecular weight excluding hydrogens is 54.0 g/mol. The maximum atomic E-state index is 8.87. The Morgan fingerprint density at radius 2 is 2.25 bits per heavy atom. The van der Waals surface area contributed by atoms with E-state index < -0.39 is 0 Å². The highest BCUT2D eigenvalue weighted by Gasteiger charge is 1.24. The second-order valence-electron chi connectivity index (χ2n) is 0.364. The lowest BCUT2D eigenvalue weighted by atomic mass is 10.9. The Bertz CT molecular complexity index is 21.2. The van der Waals surface area contributed by atoms with Crippen molar-refractivity contribution >= 4 is 6.21 Å². The summed E-state index contributed by atoms with van der Waals surface area (Å²) in [7, 11) is 0. The Kier molecular flexibility index (Phi) is 2.14. The average Bonchev–Trinajstić information content (AvgIpc) is 1.37. The van der Waals surface area contributed by atoms with Gasteiger partial charge in [0.2, 0.25) is 0 Å². The van der Waals surface area contributed by atoms with Gasteiger partial charge in [0, 0.05) is 0 Å². The third kappa shape index (κ3) is 1.47. The Morgan fingerprint density at radius 3 is 2.25 bits per heavy atom. The van der Waals surface area contributed by atoms with Gasteiger partial charge in [-0.2, -0.15) is 0 Å². The second kappa shape index (κ2) is 2.47. The summed E-state index contributed by atoms with van der Waals surface area (Å²) in [6, 6.07) is 0. The molecule has 0 radical (unpaired) electrons. The van der Waals surface area contributed by atoms with Gasteiger partial charge in [-0.05, 0) is 13.1 Å². The molecule has 0 aromatic heterocycles. The van der Waals surface area contributed by atoms with Crippen LogP contribution in [0.2, 0.25) is 0 Å². The fourth-order valence-corrected chi connectivity index (χ4v) is 0. The highest BCUT2D eigenvalue weighted by atomic mass is 16.4. The lowest BCUT2D eigenvalue weighted by Crippen LogP contribution is -1.44. The number of hydrogen-bond acceptors (Lipinski definition) is 2. The van der Waals surface area contributed by atoms with Crippen molar-refractivity contribution in [2.24, 2.45) is 5.16 Å². The van der Waals surface area contributed by atoms with E-state index in [1.807, 2.05) is 0 Å². The molecule has 0 aliphatic heterocycles. The maximum Gasteiger partial charge on any atom is -0.00995 e. The minimum absolute atomic E-state index is 1.19. The van der Waals surface area contributed by atoms with Gasteiger partial charge in [-0.25, -0.2) is 0 Å². The Balaban J connectivity index is 2.55. The first kappa shape index (κ1) is 3.47. The first-order valence-electron chi connectivity index (χ1n) is 1.02. The standard InChI is InChI=1S/C2H5NO/c1-2-3-4/h2,4H,1H3/p-1. The maximum absolute atomic E-state index is 8.87. The van der Waals surface area contributed by atoms with Gasteiger partial charge in [-0.15, -0.1) is 0 Å². The Hall–Kier alpha value is -0.530. The lowest BCUT2D eigenvalue weighted by Gasteiger charge is -1.77. The van der Waals surface area contributed by atoms with Gasteiger partial charge >= 0.3 is 0 Å². The van der Waals surface area contributed by atoms with Gasteiger partial charge in [-0.1, -0.05) is 0 Å². The van der Waals surface area contributed by atoms with Crippen molar-refractivity contribution in [3.8, 4) is 0 Å². The topological polar surface area (TPSA) is 35.4 Å². The van der Waals surface area contributed by atoms with Gasteiger partial charge in [0.15, 0.2) is 0 Å². The van der Waals surface area contributed by atoms with Crippen LogP contribution in [0.25, 0.3) is 0 Å². The van der Waals surface area contributed by atoms with E-state index in [1.165, 1.54) is 6.21 Å². The van der Waals surface area contributed by atoms with E-state index in [0.29, 0.717) is 0 Å². The monoisotopic (exact) mass is 58.0 g/mol. The van der Waals surface area contributed by atoms with E-state index in [-0.39, 0.29) is 0 Å². The van der Waals surface area contributed by atoms with Gasteiger partial charge in [0.1, 0.15) is 0 Å². The molecule has 2 nitrogen and oxygen atoms in total. The SMILES string of the molecule is CC=N[O-]. The Morgan fingerprint density at radius 1 is 2.00 bits per heavy atom. The minimum atomic E-state index is 1.19. The number of nitrogens with zero attached hydrogens (tertiary/aromatic N) is 1. The van der Waals surface area contributed by atoms with Crippen molar-refractivity contribution in [2.75, 3.05) is 0 Å². The molecule has 0 saturated carbocycles. The molecule has 2 heteroatoms. The van der Waals surface area contributed by atoms with Crippen LogP contribution in [0.5, 0.6) is 0 Å². The van der Waals surface area contributed by atoms with Crippen LogP contribution >= 0.6 is 0 Å². The Labute approximate surface area is 24.7 Å². The van der Waals surface area contributed by atoms with Crippen molar-refractivity contribution in [3.05, 3.63) is 5.21 Å². The zero-order valence-corrected chi connectivity index (χ0v) is 2.43. The summed E-state index contributed by atoms with van der Waals surface area (Å²) in [5, 5.41) is 11.2. The number of rotatable bonds is 0. The largest absolute Gasteiger partial charge is 0.792 e. The van der Waals surface area contributed by atoms with Crippen LogP contribution in [0.1, 0.15) is 6.92 Å². The van der Waals surface area contributed by atoms with Crippen molar-refractivity contribution in [1.82, 2.24) is 0 Å². The summed E-state index contributed by atoms with van der Waals surface area (Å²) >= 11 is 0. The van der Waals surface area contributed by atoms with Gasteiger partial charge in [0.25, 0.3) is 0 Å². The predicted molar refractivity (Wildman–Crippen MR) is 17.5 cm³/mol. The fraction of sp³-hybridized carbons (Fsp3) is 0.500. The lowest BCUT2D eigenvalue weighted by molar-refractivity contribution is 1.63. The molecule has 0 amide bonds. The van der Waals surface area contributed by atoms with E-state index in [0.717, 1.165) is 0 Å². The molecule has 0 unspecified atom stereocenters. The van der Waals surface area contributed by atoms with Crippen molar-refractivity contribution in [3.63, 3.8) is 0 Å². The molecule has 0 aromatic rings. The average molecular weight is 58.1 g/mol. The molecule has 0 bridgehead atoms. The van der Waals surface area contributed by atoms with Gasteiger partial charge in [-0.3, -0.25) is 0 Å². The van der Waals surface area contributed by atoms with E-state index in [2.05, 4.69) is 5.16 Å². The zero-order chi connectivity index (χ0) is 3.41. The smallest absolute Gasteiger partial charge is 0.00995 e. The van der Waals surface area contributed by atoms with Gasteiger partial charge < -0.3 is 10.4 Å². The van der Waals surface area contributed by atoms with Crippen molar-refractivity contribution in [2.45, 2.75) is 6.92 Å². The molecule has 0 fully saturated rings. The first-order chi connectivity index (χ1) is 1.91. The van der Waals surface area contributed by atoms with Crippen molar-refractivity contribution < 1.29 is 0 Å². The molecular formula is C2H4NO-. The third-order valence-electron chi connectivity index (χ3n) is 0.105. The normalized spacial score (nSPS) is 9.25. The summed E-state index contributed by atoms with van der Waals surface area (Å²) in [6.07, 6.45) is 1.19. The van der Waals surface area contributed by atoms with Crippen LogP contribution < -0.4 is 0 Å². The predicted octanol–water partition coefficient (Wildman–Crippen LogP) is 0.575. The summed E-state index contributed by atoms with van der Waals surface area (Å²) < 4.78 is 0. The summed E-state index contributed by atoms with van der Waals surface area (Å²) in [5.74, 6) is 0. The van der Waals surface area contributed by atoms with Crippen molar-refractivity contribution in [1.29, 1.82) is 0 Å². The van der Waals surface area contributed by atoms with Crippen LogP contribution in [0.15, 0.2) is 5.16 Å². The molecule has 0 rings (SSSR count). The van der Waals surface area contributed by atoms with Crippen LogP contribution in [0, 0.1) is 5.21 Å². The van der Waals surface area contributed by atoms with Crippen LogP contribution in [-0.2, 0) is 0 Å². The van der Waals surface area contributed by atoms with Crippen LogP contribution in [0.4, 0.5) is 0 Å².